The first-order valence-corrected chi connectivity index (χ1v) is 16.6. The minimum Gasteiger partial charge on any atom is -0.490 e. The number of benzene rings is 3. The summed E-state index contributed by atoms with van der Waals surface area (Å²) in [6.45, 7) is 3.24. The van der Waals surface area contributed by atoms with Gasteiger partial charge in [-0.05, 0) is 59.7 Å². The van der Waals surface area contributed by atoms with E-state index in [1.807, 2.05) is 24.1 Å². The van der Waals surface area contributed by atoms with E-state index in [2.05, 4.69) is 9.28 Å². The van der Waals surface area contributed by atoms with Gasteiger partial charge in [0.05, 0.1) is 18.5 Å². The molecule has 1 saturated heterocycles. The van der Waals surface area contributed by atoms with Crippen LogP contribution in [0.15, 0.2) is 65.8 Å². The number of fused-ring (bicyclic) bond motifs is 1. The Morgan fingerprint density at radius 1 is 1.05 bits per heavy atom. The summed E-state index contributed by atoms with van der Waals surface area (Å²) in [5.74, 6) is -2.13. The highest BCUT2D eigenvalue weighted by molar-refractivity contribution is 7.93. The number of nitrogens with two attached hydrogens (primary N) is 1. The lowest BCUT2D eigenvalue weighted by atomic mass is 10.0. The van der Waals surface area contributed by atoms with Crippen molar-refractivity contribution < 1.29 is 30.6 Å². The highest BCUT2D eigenvalue weighted by Crippen LogP contribution is 2.28. The average Bonchev–Trinajstić information content (AvgIpc) is 2.91. The van der Waals surface area contributed by atoms with Gasteiger partial charge in [-0.15, -0.1) is 0 Å². The van der Waals surface area contributed by atoms with Crippen LogP contribution in [0.1, 0.15) is 30.9 Å². The Bertz CT molecular complexity index is 1700. The Balaban J connectivity index is 1.60. The van der Waals surface area contributed by atoms with Crippen LogP contribution in [-0.2, 0) is 35.7 Å². The molecule has 3 aromatic carbocycles. The van der Waals surface area contributed by atoms with E-state index in [4.69, 9.17) is 15.9 Å². The summed E-state index contributed by atoms with van der Waals surface area (Å²) in [6.07, 6.45) is 3.98. The molecular weight excluding hydrogens is 582 g/mol. The normalized spacial score (nSPS) is 14.7. The second kappa shape index (κ2) is 12.8. The number of carbonyl (C=O) groups is 1. The molecule has 42 heavy (non-hydrogen) atoms. The molecule has 4 rings (SSSR count). The van der Waals surface area contributed by atoms with Crippen molar-refractivity contribution in [2.75, 3.05) is 29.4 Å². The van der Waals surface area contributed by atoms with Crippen LogP contribution in [0.3, 0.4) is 0 Å². The summed E-state index contributed by atoms with van der Waals surface area (Å²) in [5, 5.41) is 15.6. The van der Waals surface area contributed by atoms with Crippen molar-refractivity contribution in [3.63, 3.8) is 0 Å². The standard InChI is InChI=1S/C28H33N5O7S2/c1-3-31-32-14-12-26(13-15-32)39-25-10-8-24(9-11-25)33(42(37,38)19-27(34)40-41(2,35)36)18-20-4-5-21-6-7-22(28(29)30)17-23(21)16-20/h3-11,16-17,26H,12-15,18-19H2,1-2H3,(H3,29,30)/b31-3+. The molecule has 0 unspecified atom stereocenters. The number of hydrogen-bond donors (Lipinski definition) is 2. The van der Waals surface area contributed by atoms with Gasteiger partial charge in [-0.25, -0.2) is 13.2 Å². The largest absolute Gasteiger partial charge is 0.490 e. The Labute approximate surface area is 245 Å². The highest BCUT2D eigenvalue weighted by atomic mass is 32.2. The molecule has 224 valence electrons. The minimum absolute atomic E-state index is 0.0118. The molecule has 3 aromatic rings. The van der Waals surface area contributed by atoms with Gasteiger partial charge in [0.15, 0.2) is 5.75 Å². The van der Waals surface area contributed by atoms with Gasteiger partial charge in [-0.3, -0.25) is 14.7 Å². The predicted octanol–water partition coefficient (Wildman–Crippen LogP) is 2.81. The van der Waals surface area contributed by atoms with E-state index < -0.39 is 31.9 Å². The van der Waals surface area contributed by atoms with Gasteiger partial charge < -0.3 is 14.7 Å². The van der Waals surface area contributed by atoms with Crippen LogP contribution in [0.4, 0.5) is 5.69 Å². The monoisotopic (exact) mass is 615 g/mol. The molecule has 0 aliphatic carbocycles. The Morgan fingerprint density at radius 2 is 1.71 bits per heavy atom. The number of hydrogen-bond acceptors (Lipinski definition) is 10. The first-order chi connectivity index (χ1) is 19.8. The summed E-state index contributed by atoms with van der Waals surface area (Å²) >= 11 is 0. The number of hydrazone groups is 1. The first-order valence-electron chi connectivity index (χ1n) is 13.1. The van der Waals surface area contributed by atoms with Gasteiger partial charge in [0.2, 0.25) is 10.0 Å². The zero-order valence-corrected chi connectivity index (χ0v) is 24.9. The van der Waals surface area contributed by atoms with E-state index >= 15 is 0 Å². The van der Waals surface area contributed by atoms with E-state index in [1.54, 1.807) is 54.7 Å². The summed E-state index contributed by atoms with van der Waals surface area (Å²) in [4.78, 5) is 12.2. The lowest BCUT2D eigenvalue weighted by molar-refractivity contribution is -0.130. The van der Waals surface area contributed by atoms with E-state index in [0.717, 1.165) is 41.0 Å². The fraction of sp³-hybridized carbons (Fsp3) is 0.321. The molecule has 0 amide bonds. The second-order valence-electron chi connectivity index (χ2n) is 9.87. The summed E-state index contributed by atoms with van der Waals surface area (Å²) < 4.78 is 61.2. The lowest BCUT2D eigenvalue weighted by Crippen LogP contribution is -2.36. The Kier molecular flexibility index (Phi) is 9.36. The van der Waals surface area contributed by atoms with Gasteiger partial charge >= 0.3 is 16.1 Å². The number of nitrogen functional groups attached to an aromatic ring is 1. The molecule has 14 heteroatoms. The van der Waals surface area contributed by atoms with Crippen molar-refractivity contribution in [3.8, 4) is 5.75 Å². The third-order valence-corrected chi connectivity index (χ3v) is 8.65. The van der Waals surface area contributed by atoms with Crippen LogP contribution >= 0.6 is 0 Å². The zero-order valence-electron chi connectivity index (χ0n) is 23.3. The maximum absolute atomic E-state index is 13.5. The molecular formula is C28H33N5O7S2. The van der Waals surface area contributed by atoms with Gasteiger partial charge in [-0.1, -0.05) is 24.3 Å². The average molecular weight is 616 g/mol. The molecule has 0 aromatic heterocycles. The molecule has 1 heterocycles. The molecule has 1 aliphatic heterocycles. The van der Waals surface area contributed by atoms with Gasteiger partial charge in [0.1, 0.15) is 17.7 Å². The molecule has 1 fully saturated rings. The number of piperidine rings is 1. The number of ether oxygens (including phenoxy) is 1. The van der Waals surface area contributed by atoms with Crippen molar-refractivity contribution in [1.82, 2.24) is 5.01 Å². The van der Waals surface area contributed by atoms with Crippen LogP contribution in [0.25, 0.3) is 10.8 Å². The van der Waals surface area contributed by atoms with Crippen molar-refractivity contribution in [3.05, 3.63) is 71.8 Å². The third kappa shape index (κ3) is 8.19. The van der Waals surface area contributed by atoms with E-state index in [9.17, 15) is 21.6 Å². The molecule has 1 aliphatic rings. The van der Waals surface area contributed by atoms with Gasteiger partial charge in [-0.2, -0.15) is 13.5 Å². The first kappa shape index (κ1) is 30.8. The van der Waals surface area contributed by atoms with Crippen molar-refractivity contribution in [2.45, 2.75) is 32.4 Å². The van der Waals surface area contributed by atoms with Crippen LogP contribution in [0.2, 0.25) is 0 Å². The zero-order chi connectivity index (χ0) is 30.5. The van der Waals surface area contributed by atoms with Crippen LogP contribution in [0, 0.1) is 5.41 Å². The maximum Gasteiger partial charge on any atom is 0.339 e. The van der Waals surface area contributed by atoms with E-state index in [-0.39, 0.29) is 24.2 Å². The van der Waals surface area contributed by atoms with E-state index in [1.165, 1.54) is 0 Å². The van der Waals surface area contributed by atoms with Gasteiger partial charge in [0.25, 0.3) is 0 Å². The second-order valence-corrected chi connectivity index (χ2v) is 13.3. The number of nitrogens with zero attached hydrogens (tertiary/aromatic N) is 3. The maximum atomic E-state index is 13.5. The topological polar surface area (TPSA) is 173 Å². The SMILES string of the molecule is C/C=N/N1CCC(Oc2ccc(N(Cc3ccc4ccc(C(=N)N)cc4c3)S(=O)(=O)CC(=O)OS(C)(=O)=O)cc2)CC1. The molecule has 0 saturated carbocycles. The molecule has 0 spiro atoms. The highest BCUT2D eigenvalue weighted by Gasteiger charge is 2.29. The van der Waals surface area contributed by atoms with Crippen LogP contribution in [0.5, 0.6) is 5.75 Å². The van der Waals surface area contributed by atoms with Gasteiger partial charge in [0, 0.05) is 37.7 Å². The molecule has 0 radical (unpaired) electrons. The number of anilines is 1. The molecule has 0 bridgehead atoms. The summed E-state index contributed by atoms with van der Waals surface area (Å²) in [5.41, 5.74) is 6.99. The van der Waals surface area contributed by atoms with Crippen LogP contribution in [-0.4, -0.2) is 71.1 Å². The molecule has 12 nitrogen and oxygen atoms in total. The quantitative estimate of drug-likeness (QED) is 0.187. The number of nitrogens with one attached hydrogen (secondary N) is 1. The lowest BCUT2D eigenvalue weighted by Gasteiger charge is -2.30. The number of sulfonamides is 1. The Hall–Kier alpha value is -4.17. The van der Waals surface area contributed by atoms with Crippen LogP contribution < -0.4 is 14.8 Å². The van der Waals surface area contributed by atoms with Crippen molar-refractivity contribution >= 4 is 54.6 Å². The van der Waals surface area contributed by atoms with Crippen molar-refractivity contribution in [1.29, 1.82) is 5.41 Å². The Morgan fingerprint density at radius 3 is 2.33 bits per heavy atom. The van der Waals surface area contributed by atoms with Crippen molar-refractivity contribution in [2.24, 2.45) is 10.8 Å². The van der Waals surface area contributed by atoms with E-state index in [0.29, 0.717) is 23.1 Å². The minimum atomic E-state index is -4.39. The summed E-state index contributed by atoms with van der Waals surface area (Å²) in [7, 11) is -8.59. The molecule has 3 N–H and O–H groups in total. The summed E-state index contributed by atoms with van der Waals surface area (Å²) in [6, 6.07) is 17.0. The molecule has 0 atom stereocenters. The third-order valence-electron chi connectivity index (χ3n) is 6.55. The number of rotatable bonds is 11. The fourth-order valence-electron chi connectivity index (χ4n) is 4.62. The smallest absolute Gasteiger partial charge is 0.339 e. The predicted molar refractivity (Wildman–Crippen MR) is 162 cm³/mol. The number of carbonyl (C=O) groups excluding carboxylic acids is 1. The number of amidine groups is 1. The fourth-order valence-corrected chi connectivity index (χ4v) is 6.39.